The van der Waals surface area contributed by atoms with Gasteiger partial charge >= 0.3 is 6.03 Å². The molecule has 0 radical (unpaired) electrons. The number of anilines is 1. The minimum Gasteiger partial charge on any atom is -0.333 e. The number of amides is 4. The average Bonchev–Trinajstić information content (AvgIpc) is 2.38. The summed E-state index contributed by atoms with van der Waals surface area (Å²) in [6.07, 6.45) is 0. The van der Waals surface area contributed by atoms with Crippen LogP contribution in [0.1, 0.15) is 26.3 Å². The molecule has 0 aliphatic rings. The Balaban J connectivity index is 2.45. The van der Waals surface area contributed by atoms with Crippen molar-refractivity contribution in [1.29, 1.82) is 0 Å². The summed E-state index contributed by atoms with van der Waals surface area (Å²) >= 11 is 3.37. The quantitative estimate of drug-likeness (QED) is 0.691. The standard InChI is InChI=1S/C17H25BrN4O3/c1-11-8-12(18)6-7-13(11)19-14(23)9-22(5)10-15(24)20-16(25)21-17(2,3)4/h6-8H,9-10H2,1-5H3,(H,19,23)(H2,20,21,24,25). The van der Waals surface area contributed by atoms with Crippen molar-refractivity contribution < 1.29 is 14.4 Å². The van der Waals surface area contributed by atoms with Gasteiger partial charge in [0.05, 0.1) is 13.1 Å². The molecule has 138 valence electrons. The SMILES string of the molecule is Cc1cc(Br)ccc1NC(=O)CN(C)CC(=O)NC(=O)NC(C)(C)C. The summed E-state index contributed by atoms with van der Waals surface area (Å²) in [5.41, 5.74) is 1.22. The normalized spacial score (nSPS) is 11.2. The Morgan fingerprint density at radius 2 is 1.72 bits per heavy atom. The van der Waals surface area contributed by atoms with Crippen LogP contribution >= 0.6 is 15.9 Å². The summed E-state index contributed by atoms with van der Waals surface area (Å²) < 4.78 is 0.935. The van der Waals surface area contributed by atoms with Gasteiger partial charge < -0.3 is 10.6 Å². The molecule has 0 saturated carbocycles. The number of hydrogen-bond donors (Lipinski definition) is 3. The fraction of sp³-hybridized carbons (Fsp3) is 0.471. The lowest BCUT2D eigenvalue weighted by Crippen LogP contribution is -2.50. The van der Waals surface area contributed by atoms with Crippen molar-refractivity contribution in [1.82, 2.24) is 15.5 Å². The molecular formula is C17H25BrN4O3. The molecule has 0 aromatic heterocycles. The largest absolute Gasteiger partial charge is 0.333 e. The zero-order valence-electron chi connectivity index (χ0n) is 15.2. The Morgan fingerprint density at radius 3 is 2.28 bits per heavy atom. The Bertz CT molecular complexity index is 656. The molecule has 0 saturated heterocycles. The van der Waals surface area contributed by atoms with Gasteiger partial charge in [0.2, 0.25) is 11.8 Å². The molecule has 1 aromatic carbocycles. The van der Waals surface area contributed by atoms with E-state index in [0.29, 0.717) is 0 Å². The lowest BCUT2D eigenvalue weighted by atomic mass is 10.1. The van der Waals surface area contributed by atoms with Crippen LogP contribution in [-0.4, -0.2) is 48.4 Å². The number of likely N-dealkylation sites (N-methyl/N-ethyl adjacent to an activating group) is 1. The maximum absolute atomic E-state index is 12.1. The van der Waals surface area contributed by atoms with E-state index in [-0.39, 0.29) is 19.0 Å². The first-order valence-corrected chi connectivity index (χ1v) is 8.62. The molecule has 0 spiro atoms. The lowest BCUT2D eigenvalue weighted by molar-refractivity contribution is -0.122. The third kappa shape index (κ3) is 8.64. The van der Waals surface area contributed by atoms with Crippen LogP contribution in [0.5, 0.6) is 0 Å². The smallest absolute Gasteiger partial charge is 0.321 e. The van der Waals surface area contributed by atoms with E-state index >= 15 is 0 Å². The predicted molar refractivity (Wildman–Crippen MR) is 101 cm³/mol. The number of carbonyl (C=O) groups excluding carboxylic acids is 3. The van der Waals surface area contributed by atoms with E-state index in [0.717, 1.165) is 15.7 Å². The van der Waals surface area contributed by atoms with Crippen LogP contribution in [0.25, 0.3) is 0 Å². The van der Waals surface area contributed by atoms with Gasteiger partial charge in [-0.3, -0.25) is 19.8 Å². The zero-order chi connectivity index (χ0) is 19.2. The molecule has 0 aliphatic heterocycles. The average molecular weight is 413 g/mol. The molecule has 0 fully saturated rings. The van der Waals surface area contributed by atoms with Crippen molar-refractivity contribution >= 4 is 39.5 Å². The summed E-state index contributed by atoms with van der Waals surface area (Å²) in [6.45, 7) is 7.31. The van der Waals surface area contributed by atoms with Gasteiger partial charge in [-0.1, -0.05) is 15.9 Å². The van der Waals surface area contributed by atoms with Gasteiger partial charge in [-0.25, -0.2) is 4.79 Å². The molecule has 0 atom stereocenters. The molecule has 4 amide bonds. The second kappa shape index (κ2) is 8.96. The highest BCUT2D eigenvalue weighted by Gasteiger charge is 2.17. The molecule has 25 heavy (non-hydrogen) atoms. The molecule has 0 heterocycles. The molecule has 7 nitrogen and oxygen atoms in total. The molecule has 3 N–H and O–H groups in total. The monoisotopic (exact) mass is 412 g/mol. The number of nitrogens with zero attached hydrogens (tertiary/aromatic N) is 1. The van der Waals surface area contributed by atoms with E-state index in [1.54, 1.807) is 13.1 Å². The first-order chi connectivity index (χ1) is 11.5. The van der Waals surface area contributed by atoms with E-state index in [1.165, 1.54) is 4.90 Å². The van der Waals surface area contributed by atoms with Crippen LogP contribution in [0.3, 0.4) is 0 Å². The molecule has 0 bridgehead atoms. The lowest BCUT2D eigenvalue weighted by Gasteiger charge is -2.21. The number of hydrogen-bond acceptors (Lipinski definition) is 4. The van der Waals surface area contributed by atoms with Gasteiger partial charge in [-0.2, -0.15) is 0 Å². The zero-order valence-corrected chi connectivity index (χ0v) is 16.8. The number of nitrogens with one attached hydrogen (secondary N) is 3. The minimum absolute atomic E-state index is 0.0316. The van der Waals surface area contributed by atoms with Crippen molar-refractivity contribution in [3.05, 3.63) is 28.2 Å². The molecular weight excluding hydrogens is 388 g/mol. The Kier molecular flexibility index (Phi) is 7.57. The van der Waals surface area contributed by atoms with Crippen LogP contribution < -0.4 is 16.0 Å². The summed E-state index contributed by atoms with van der Waals surface area (Å²) in [6, 6.07) is 5.00. The summed E-state index contributed by atoms with van der Waals surface area (Å²) in [5.74, 6) is -0.711. The molecule has 1 aromatic rings. The molecule has 0 aliphatic carbocycles. The van der Waals surface area contributed by atoms with Crippen molar-refractivity contribution in [3.8, 4) is 0 Å². The number of rotatable bonds is 5. The number of benzene rings is 1. The van der Waals surface area contributed by atoms with Crippen LogP contribution in [0.15, 0.2) is 22.7 Å². The Hall–Kier alpha value is -1.93. The van der Waals surface area contributed by atoms with Gasteiger partial charge in [-0.15, -0.1) is 0 Å². The van der Waals surface area contributed by atoms with Gasteiger partial charge in [-0.05, 0) is 58.5 Å². The van der Waals surface area contributed by atoms with Gasteiger partial charge in [0.25, 0.3) is 0 Å². The first-order valence-electron chi connectivity index (χ1n) is 7.83. The highest BCUT2D eigenvalue weighted by molar-refractivity contribution is 9.10. The van der Waals surface area contributed by atoms with Crippen LogP contribution in [0, 0.1) is 6.92 Å². The highest BCUT2D eigenvalue weighted by atomic mass is 79.9. The van der Waals surface area contributed by atoms with Gasteiger partial charge in [0.15, 0.2) is 0 Å². The molecule has 0 unspecified atom stereocenters. The van der Waals surface area contributed by atoms with Crippen LogP contribution in [0.4, 0.5) is 10.5 Å². The minimum atomic E-state index is -0.555. The second-order valence-electron chi connectivity index (χ2n) is 6.93. The van der Waals surface area contributed by atoms with Crippen molar-refractivity contribution in [2.45, 2.75) is 33.2 Å². The summed E-state index contributed by atoms with van der Waals surface area (Å²) in [7, 11) is 1.63. The number of urea groups is 1. The van der Waals surface area contributed by atoms with Crippen LogP contribution in [0.2, 0.25) is 0 Å². The van der Waals surface area contributed by atoms with Crippen LogP contribution in [-0.2, 0) is 9.59 Å². The van der Waals surface area contributed by atoms with E-state index in [4.69, 9.17) is 0 Å². The fourth-order valence-electron chi connectivity index (χ4n) is 2.04. The Labute approximate surface area is 156 Å². The topological polar surface area (TPSA) is 90.5 Å². The number of halogens is 1. The van der Waals surface area contributed by atoms with E-state index in [2.05, 4.69) is 31.9 Å². The van der Waals surface area contributed by atoms with E-state index in [9.17, 15) is 14.4 Å². The number of aryl methyl sites for hydroxylation is 1. The third-order valence-electron chi connectivity index (χ3n) is 3.03. The first kappa shape index (κ1) is 21.1. The number of imide groups is 1. The fourth-order valence-corrected chi connectivity index (χ4v) is 2.52. The van der Waals surface area contributed by atoms with Gasteiger partial charge in [0.1, 0.15) is 0 Å². The molecule has 1 rings (SSSR count). The maximum Gasteiger partial charge on any atom is 0.321 e. The van der Waals surface area contributed by atoms with E-state index in [1.807, 2.05) is 39.8 Å². The third-order valence-corrected chi connectivity index (χ3v) is 3.52. The predicted octanol–water partition coefficient (Wildman–Crippen LogP) is 2.25. The summed E-state index contributed by atoms with van der Waals surface area (Å²) in [5, 5.41) is 7.67. The maximum atomic E-state index is 12.1. The molecule has 8 heteroatoms. The van der Waals surface area contributed by atoms with Crippen molar-refractivity contribution in [3.63, 3.8) is 0 Å². The van der Waals surface area contributed by atoms with Crippen molar-refractivity contribution in [2.24, 2.45) is 0 Å². The summed E-state index contributed by atoms with van der Waals surface area (Å²) in [4.78, 5) is 37.1. The number of carbonyl (C=O) groups is 3. The van der Waals surface area contributed by atoms with E-state index < -0.39 is 17.5 Å². The Morgan fingerprint density at radius 1 is 1.12 bits per heavy atom. The van der Waals surface area contributed by atoms with Crippen molar-refractivity contribution in [2.75, 3.05) is 25.5 Å². The highest BCUT2D eigenvalue weighted by Crippen LogP contribution is 2.19. The second-order valence-corrected chi connectivity index (χ2v) is 7.85. The van der Waals surface area contributed by atoms with Gasteiger partial charge in [0, 0.05) is 15.7 Å².